The summed E-state index contributed by atoms with van der Waals surface area (Å²) in [6.45, 7) is 6.37. The molecule has 0 aliphatic carbocycles. The first-order chi connectivity index (χ1) is 8.28. The Hall–Kier alpha value is -0.930. The summed E-state index contributed by atoms with van der Waals surface area (Å²) in [5.41, 5.74) is 1.19. The fourth-order valence-electron chi connectivity index (χ4n) is 2.38. The van der Waals surface area contributed by atoms with Gasteiger partial charge in [-0.1, -0.05) is 19.1 Å². The molecule has 1 aliphatic heterocycles. The SMILES string of the molecule is CCN(Cc1ccc(F)cc1)CC1CCCN1. The number of hydrogen-bond donors (Lipinski definition) is 1. The Balaban J connectivity index is 1.87. The van der Waals surface area contributed by atoms with Crippen LogP contribution in [0.2, 0.25) is 0 Å². The summed E-state index contributed by atoms with van der Waals surface area (Å²) in [5.74, 6) is -0.158. The van der Waals surface area contributed by atoms with E-state index in [1.165, 1.54) is 30.5 Å². The third-order valence-corrected chi connectivity index (χ3v) is 3.41. The van der Waals surface area contributed by atoms with Crippen LogP contribution in [-0.2, 0) is 6.54 Å². The molecule has 1 aromatic rings. The summed E-state index contributed by atoms with van der Waals surface area (Å²) in [6.07, 6.45) is 2.57. The molecule has 0 radical (unpaired) electrons. The van der Waals surface area contributed by atoms with E-state index in [2.05, 4.69) is 17.1 Å². The average Bonchev–Trinajstić information content (AvgIpc) is 2.84. The van der Waals surface area contributed by atoms with Crippen LogP contribution in [0.15, 0.2) is 24.3 Å². The van der Waals surface area contributed by atoms with Gasteiger partial charge in [0.25, 0.3) is 0 Å². The Morgan fingerprint density at radius 2 is 2.12 bits per heavy atom. The van der Waals surface area contributed by atoms with Gasteiger partial charge in [0.15, 0.2) is 0 Å². The quantitative estimate of drug-likeness (QED) is 0.844. The Bertz CT molecular complexity index is 331. The van der Waals surface area contributed by atoms with Crippen molar-refractivity contribution in [2.75, 3.05) is 19.6 Å². The number of rotatable bonds is 5. The highest BCUT2D eigenvalue weighted by molar-refractivity contribution is 5.15. The van der Waals surface area contributed by atoms with Crippen LogP contribution in [0.5, 0.6) is 0 Å². The zero-order valence-electron chi connectivity index (χ0n) is 10.5. The van der Waals surface area contributed by atoms with Gasteiger partial charge in [0.1, 0.15) is 5.82 Å². The van der Waals surface area contributed by atoms with E-state index in [1.54, 1.807) is 0 Å². The molecule has 2 rings (SSSR count). The summed E-state index contributed by atoms with van der Waals surface area (Å²) < 4.78 is 12.8. The van der Waals surface area contributed by atoms with Gasteiger partial charge in [0.05, 0.1) is 0 Å². The minimum atomic E-state index is -0.158. The molecule has 0 saturated carbocycles. The van der Waals surface area contributed by atoms with Crippen LogP contribution in [0.4, 0.5) is 4.39 Å². The van der Waals surface area contributed by atoms with Crippen molar-refractivity contribution in [3.8, 4) is 0 Å². The number of likely N-dealkylation sites (N-methyl/N-ethyl adjacent to an activating group) is 1. The fraction of sp³-hybridized carbons (Fsp3) is 0.571. The molecule has 0 amide bonds. The van der Waals surface area contributed by atoms with E-state index in [1.807, 2.05) is 12.1 Å². The molecule has 2 nitrogen and oxygen atoms in total. The maximum atomic E-state index is 12.8. The maximum Gasteiger partial charge on any atom is 0.123 e. The monoisotopic (exact) mass is 236 g/mol. The highest BCUT2D eigenvalue weighted by Crippen LogP contribution is 2.10. The van der Waals surface area contributed by atoms with Crippen LogP contribution in [0.25, 0.3) is 0 Å². The zero-order chi connectivity index (χ0) is 12.1. The average molecular weight is 236 g/mol. The van der Waals surface area contributed by atoms with Crippen molar-refractivity contribution in [3.05, 3.63) is 35.6 Å². The van der Waals surface area contributed by atoms with Gasteiger partial charge >= 0.3 is 0 Å². The van der Waals surface area contributed by atoms with Crippen LogP contribution in [0.3, 0.4) is 0 Å². The predicted molar refractivity (Wildman–Crippen MR) is 68.4 cm³/mol. The smallest absolute Gasteiger partial charge is 0.123 e. The predicted octanol–water partition coefficient (Wildman–Crippen LogP) is 2.40. The molecule has 1 heterocycles. The van der Waals surface area contributed by atoms with Crippen molar-refractivity contribution in [2.45, 2.75) is 32.4 Å². The van der Waals surface area contributed by atoms with E-state index in [9.17, 15) is 4.39 Å². The van der Waals surface area contributed by atoms with Gasteiger partial charge < -0.3 is 5.32 Å². The molecular weight excluding hydrogens is 215 g/mol. The molecule has 17 heavy (non-hydrogen) atoms. The van der Waals surface area contributed by atoms with E-state index in [0.717, 1.165) is 26.2 Å². The van der Waals surface area contributed by atoms with Crippen molar-refractivity contribution in [3.63, 3.8) is 0 Å². The Labute approximate surface area is 103 Å². The molecule has 3 heteroatoms. The minimum absolute atomic E-state index is 0.158. The standard InChI is InChI=1S/C14H21FN2/c1-2-17(11-14-4-3-9-16-14)10-12-5-7-13(15)8-6-12/h5-8,14,16H,2-4,9-11H2,1H3. The molecule has 94 valence electrons. The minimum Gasteiger partial charge on any atom is -0.313 e. The van der Waals surface area contributed by atoms with Gasteiger partial charge in [0, 0.05) is 19.1 Å². The highest BCUT2D eigenvalue weighted by atomic mass is 19.1. The van der Waals surface area contributed by atoms with Crippen molar-refractivity contribution in [2.24, 2.45) is 0 Å². The molecular formula is C14H21FN2. The van der Waals surface area contributed by atoms with E-state index >= 15 is 0 Å². The van der Waals surface area contributed by atoms with Gasteiger partial charge in [-0.2, -0.15) is 0 Å². The van der Waals surface area contributed by atoms with Crippen LogP contribution in [-0.4, -0.2) is 30.6 Å². The Morgan fingerprint density at radius 3 is 2.71 bits per heavy atom. The van der Waals surface area contributed by atoms with Crippen molar-refractivity contribution in [1.29, 1.82) is 0 Å². The van der Waals surface area contributed by atoms with Crippen molar-refractivity contribution < 1.29 is 4.39 Å². The van der Waals surface area contributed by atoms with Crippen LogP contribution in [0.1, 0.15) is 25.3 Å². The van der Waals surface area contributed by atoms with E-state index in [4.69, 9.17) is 0 Å². The first-order valence-electron chi connectivity index (χ1n) is 6.48. The van der Waals surface area contributed by atoms with Crippen molar-refractivity contribution in [1.82, 2.24) is 10.2 Å². The molecule has 0 aromatic heterocycles. The number of hydrogen-bond acceptors (Lipinski definition) is 2. The Morgan fingerprint density at radius 1 is 1.35 bits per heavy atom. The lowest BCUT2D eigenvalue weighted by Crippen LogP contribution is -2.37. The first kappa shape index (κ1) is 12.5. The number of benzene rings is 1. The normalized spacial score (nSPS) is 20.1. The second-order valence-electron chi connectivity index (χ2n) is 4.75. The zero-order valence-corrected chi connectivity index (χ0v) is 10.5. The van der Waals surface area contributed by atoms with Crippen LogP contribution in [0, 0.1) is 5.82 Å². The highest BCUT2D eigenvalue weighted by Gasteiger charge is 2.16. The van der Waals surface area contributed by atoms with Gasteiger partial charge in [-0.3, -0.25) is 4.90 Å². The largest absolute Gasteiger partial charge is 0.313 e. The van der Waals surface area contributed by atoms with E-state index in [-0.39, 0.29) is 5.82 Å². The summed E-state index contributed by atoms with van der Waals surface area (Å²) in [4.78, 5) is 2.41. The molecule has 1 saturated heterocycles. The fourth-order valence-corrected chi connectivity index (χ4v) is 2.38. The van der Waals surface area contributed by atoms with Crippen LogP contribution < -0.4 is 5.32 Å². The van der Waals surface area contributed by atoms with Gasteiger partial charge in [-0.15, -0.1) is 0 Å². The van der Waals surface area contributed by atoms with Crippen molar-refractivity contribution >= 4 is 0 Å². The number of halogens is 1. The lowest BCUT2D eigenvalue weighted by molar-refractivity contribution is 0.253. The molecule has 1 fully saturated rings. The topological polar surface area (TPSA) is 15.3 Å². The summed E-state index contributed by atoms with van der Waals surface area (Å²) in [7, 11) is 0. The molecule has 1 unspecified atom stereocenters. The van der Waals surface area contributed by atoms with Gasteiger partial charge in [-0.25, -0.2) is 4.39 Å². The number of nitrogens with zero attached hydrogens (tertiary/aromatic N) is 1. The number of nitrogens with one attached hydrogen (secondary N) is 1. The summed E-state index contributed by atoms with van der Waals surface area (Å²) in [6, 6.07) is 7.46. The van der Waals surface area contributed by atoms with E-state index < -0.39 is 0 Å². The molecule has 0 spiro atoms. The lowest BCUT2D eigenvalue weighted by Gasteiger charge is -2.24. The first-order valence-corrected chi connectivity index (χ1v) is 6.48. The molecule has 0 bridgehead atoms. The van der Waals surface area contributed by atoms with Crippen LogP contribution >= 0.6 is 0 Å². The Kier molecular flexibility index (Phi) is 4.51. The second kappa shape index (κ2) is 6.12. The molecule has 1 N–H and O–H groups in total. The molecule has 1 atom stereocenters. The van der Waals surface area contributed by atoms with Gasteiger partial charge in [0.2, 0.25) is 0 Å². The van der Waals surface area contributed by atoms with Gasteiger partial charge in [-0.05, 0) is 43.6 Å². The molecule has 1 aliphatic rings. The lowest BCUT2D eigenvalue weighted by atomic mass is 10.1. The third kappa shape index (κ3) is 3.79. The summed E-state index contributed by atoms with van der Waals surface area (Å²) in [5, 5.41) is 3.51. The maximum absolute atomic E-state index is 12.8. The van der Waals surface area contributed by atoms with E-state index in [0.29, 0.717) is 6.04 Å². The second-order valence-corrected chi connectivity index (χ2v) is 4.75. The molecule has 1 aromatic carbocycles. The summed E-state index contributed by atoms with van der Waals surface area (Å²) >= 11 is 0. The third-order valence-electron chi connectivity index (χ3n) is 3.41.